The van der Waals surface area contributed by atoms with Crippen molar-refractivity contribution < 1.29 is 19.8 Å². The number of aromatic nitrogens is 2. The van der Waals surface area contributed by atoms with Crippen molar-refractivity contribution in [2.75, 3.05) is 0 Å². The molecule has 0 aliphatic rings. The Kier molecular flexibility index (Phi) is 5.77. The third-order valence-electron chi connectivity index (χ3n) is 6.93. The first-order chi connectivity index (χ1) is 18.4. The Morgan fingerprint density at radius 3 is 1.42 bits per heavy atom. The maximum atomic E-state index is 11.4. The number of fused-ring (bicyclic) bond motifs is 2. The molecule has 0 radical (unpaired) electrons. The number of nitrogens with zero attached hydrogens (tertiary/aromatic N) is 2. The summed E-state index contributed by atoms with van der Waals surface area (Å²) in [4.78, 5) is 22.8. The van der Waals surface area contributed by atoms with Gasteiger partial charge in [-0.3, -0.25) is 0 Å². The molecule has 0 saturated heterocycles. The van der Waals surface area contributed by atoms with Gasteiger partial charge in [-0.15, -0.1) is 0 Å². The van der Waals surface area contributed by atoms with Crippen molar-refractivity contribution in [3.05, 3.63) is 132 Å². The molecule has 0 aliphatic heterocycles. The molecule has 6 nitrogen and oxygen atoms in total. The van der Waals surface area contributed by atoms with Gasteiger partial charge in [-0.2, -0.15) is 0 Å². The molecule has 0 amide bonds. The van der Waals surface area contributed by atoms with Gasteiger partial charge in [0.25, 0.3) is 0 Å². The summed E-state index contributed by atoms with van der Waals surface area (Å²) in [6.07, 6.45) is 4.06. The molecule has 0 spiro atoms. The number of rotatable bonds is 7. The number of carboxylic acids is 2. The predicted octanol–water partition coefficient (Wildman–Crippen LogP) is 6.76. The van der Waals surface area contributed by atoms with Gasteiger partial charge in [0.2, 0.25) is 0 Å². The van der Waals surface area contributed by atoms with Crippen LogP contribution in [0.15, 0.2) is 109 Å². The Bertz CT molecular complexity index is 1710. The molecule has 0 saturated carbocycles. The smallest absolute Gasteiger partial charge is 0.335 e. The summed E-state index contributed by atoms with van der Waals surface area (Å²) in [5, 5.41) is 20.9. The number of hydrogen-bond acceptors (Lipinski definition) is 2. The Labute approximate surface area is 218 Å². The van der Waals surface area contributed by atoms with Crippen molar-refractivity contribution in [1.82, 2.24) is 9.13 Å². The maximum Gasteiger partial charge on any atom is 0.335 e. The summed E-state index contributed by atoms with van der Waals surface area (Å²) < 4.78 is 4.27. The van der Waals surface area contributed by atoms with Crippen LogP contribution in [0, 0.1) is 0 Å². The first-order valence-electron chi connectivity index (χ1n) is 12.3. The van der Waals surface area contributed by atoms with Crippen molar-refractivity contribution in [3.63, 3.8) is 0 Å². The lowest BCUT2D eigenvalue weighted by atomic mass is 10.0. The molecule has 6 heteroatoms. The lowest BCUT2D eigenvalue weighted by molar-refractivity contribution is 0.0686. The van der Waals surface area contributed by atoms with E-state index in [0.29, 0.717) is 13.1 Å². The Hall–Kier alpha value is -5.10. The fourth-order valence-corrected chi connectivity index (χ4v) is 5.00. The first kappa shape index (κ1) is 23.3. The van der Waals surface area contributed by atoms with Crippen LogP contribution >= 0.6 is 0 Å². The fraction of sp³-hybridized carbons (Fsp3) is 0.0625. The summed E-state index contributed by atoms with van der Waals surface area (Å²) in [6, 6.07) is 31.0. The molecule has 2 N–H and O–H groups in total. The molecule has 0 fully saturated rings. The SMILES string of the molecule is O=C(O)c1cccc(Cn2ccc3ccc(-c4ccc5ccn(Cc6cccc(C(=O)O)c6)c5c4)cc32)c1. The molecule has 0 atom stereocenters. The van der Waals surface area contributed by atoms with Gasteiger partial charge in [0.15, 0.2) is 0 Å². The van der Waals surface area contributed by atoms with Gasteiger partial charge in [0.1, 0.15) is 0 Å². The summed E-state index contributed by atoms with van der Waals surface area (Å²) in [6.45, 7) is 1.15. The summed E-state index contributed by atoms with van der Waals surface area (Å²) >= 11 is 0. The van der Waals surface area contributed by atoms with Crippen molar-refractivity contribution in [3.8, 4) is 11.1 Å². The molecule has 0 bridgehead atoms. The second kappa shape index (κ2) is 9.41. The standard InChI is InChI=1S/C32H24N2O4/c35-31(36)27-5-1-3-21(15-27)19-33-13-11-23-7-9-25(17-29(23)33)26-10-8-24-12-14-34(30(24)18-26)20-22-4-2-6-28(16-22)32(37)38/h1-18H,19-20H2,(H,35,36)(H,37,38). The van der Waals surface area contributed by atoms with E-state index in [-0.39, 0.29) is 11.1 Å². The van der Waals surface area contributed by atoms with Crippen LogP contribution in [0.5, 0.6) is 0 Å². The average Bonchev–Trinajstić information content (AvgIpc) is 3.52. The molecule has 6 rings (SSSR count). The van der Waals surface area contributed by atoms with Crippen LogP contribution in [-0.2, 0) is 13.1 Å². The van der Waals surface area contributed by atoms with Gasteiger partial charge in [-0.25, -0.2) is 9.59 Å². The highest BCUT2D eigenvalue weighted by Crippen LogP contribution is 2.29. The van der Waals surface area contributed by atoms with Crippen molar-refractivity contribution in [1.29, 1.82) is 0 Å². The number of carboxylic acid groups (broad SMARTS) is 2. The number of hydrogen-bond donors (Lipinski definition) is 2. The summed E-state index contributed by atoms with van der Waals surface area (Å²) in [5.41, 5.74) is 6.74. The van der Waals surface area contributed by atoms with E-state index in [1.165, 1.54) is 0 Å². The van der Waals surface area contributed by atoms with Crippen LogP contribution in [-0.4, -0.2) is 31.3 Å². The molecule has 2 aromatic heterocycles. The summed E-state index contributed by atoms with van der Waals surface area (Å²) in [5.74, 6) is -1.86. The second-order valence-electron chi connectivity index (χ2n) is 9.45. The van der Waals surface area contributed by atoms with E-state index in [2.05, 4.69) is 57.7 Å². The maximum absolute atomic E-state index is 11.4. The quantitative estimate of drug-likeness (QED) is 0.254. The second-order valence-corrected chi connectivity index (χ2v) is 9.45. The molecule has 6 aromatic rings. The Balaban J connectivity index is 1.34. The van der Waals surface area contributed by atoms with E-state index < -0.39 is 11.9 Å². The topological polar surface area (TPSA) is 84.5 Å². The zero-order valence-electron chi connectivity index (χ0n) is 20.4. The van der Waals surface area contributed by atoms with Crippen LogP contribution in [0.3, 0.4) is 0 Å². The van der Waals surface area contributed by atoms with Gasteiger partial charge >= 0.3 is 11.9 Å². The minimum absolute atomic E-state index is 0.283. The van der Waals surface area contributed by atoms with Gasteiger partial charge in [0, 0.05) is 36.5 Å². The van der Waals surface area contributed by atoms with Crippen LogP contribution in [0.1, 0.15) is 31.8 Å². The van der Waals surface area contributed by atoms with E-state index >= 15 is 0 Å². The highest BCUT2D eigenvalue weighted by Gasteiger charge is 2.10. The van der Waals surface area contributed by atoms with Gasteiger partial charge in [-0.1, -0.05) is 48.5 Å². The normalized spacial score (nSPS) is 11.3. The van der Waals surface area contributed by atoms with E-state index in [1.54, 1.807) is 36.4 Å². The molecular formula is C32H24N2O4. The van der Waals surface area contributed by atoms with Crippen LogP contribution in [0.4, 0.5) is 0 Å². The molecule has 2 heterocycles. The first-order valence-corrected chi connectivity index (χ1v) is 12.3. The van der Waals surface area contributed by atoms with Crippen LogP contribution in [0.2, 0.25) is 0 Å². The van der Waals surface area contributed by atoms with Gasteiger partial charge in [0.05, 0.1) is 11.1 Å². The minimum Gasteiger partial charge on any atom is -0.478 e. The van der Waals surface area contributed by atoms with Gasteiger partial charge < -0.3 is 19.3 Å². The van der Waals surface area contributed by atoms with Crippen molar-refractivity contribution in [2.24, 2.45) is 0 Å². The van der Waals surface area contributed by atoms with Crippen molar-refractivity contribution in [2.45, 2.75) is 13.1 Å². The Morgan fingerprint density at radius 1 is 0.553 bits per heavy atom. The molecular weight excluding hydrogens is 476 g/mol. The molecule has 186 valence electrons. The summed E-state index contributed by atoms with van der Waals surface area (Å²) in [7, 11) is 0. The number of aromatic carboxylic acids is 2. The fourth-order valence-electron chi connectivity index (χ4n) is 5.00. The lowest BCUT2D eigenvalue weighted by Gasteiger charge is -2.10. The highest BCUT2D eigenvalue weighted by atomic mass is 16.4. The van der Waals surface area contributed by atoms with Crippen molar-refractivity contribution >= 4 is 33.7 Å². The third kappa shape index (κ3) is 4.44. The number of benzene rings is 4. The van der Waals surface area contributed by atoms with Crippen LogP contribution < -0.4 is 0 Å². The van der Waals surface area contributed by atoms with Gasteiger partial charge in [-0.05, 0) is 81.6 Å². The van der Waals surface area contributed by atoms with Crippen LogP contribution in [0.25, 0.3) is 32.9 Å². The molecule has 4 aromatic carbocycles. The zero-order chi connectivity index (χ0) is 26.2. The zero-order valence-corrected chi connectivity index (χ0v) is 20.4. The van der Waals surface area contributed by atoms with E-state index in [0.717, 1.165) is 44.1 Å². The monoisotopic (exact) mass is 500 g/mol. The van der Waals surface area contributed by atoms with E-state index in [4.69, 9.17) is 0 Å². The lowest BCUT2D eigenvalue weighted by Crippen LogP contribution is -2.02. The van der Waals surface area contributed by atoms with E-state index in [9.17, 15) is 19.8 Å². The molecule has 0 unspecified atom stereocenters. The van der Waals surface area contributed by atoms with E-state index in [1.807, 2.05) is 24.5 Å². The predicted molar refractivity (Wildman–Crippen MR) is 148 cm³/mol. The highest BCUT2D eigenvalue weighted by molar-refractivity contribution is 5.90. The largest absolute Gasteiger partial charge is 0.478 e. The third-order valence-corrected chi connectivity index (χ3v) is 6.93. The molecule has 38 heavy (non-hydrogen) atoms. The number of carbonyl (C=O) groups is 2. The minimum atomic E-state index is -0.929. The molecule has 0 aliphatic carbocycles. The average molecular weight is 501 g/mol. The Morgan fingerprint density at radius 2 is 1.00 bits per heavy atom.